The largest absolute Gasteiger partial charge is 0.503 e. The van der Waals surface area contributed by atoms with Crippen LogP contribution in [0.1, 0.15) is 25.3 Å². The van der Waals surface area contributed by atoms with Crippen molar-refractivity contribution in [3.63, 3.8) is 0 Å². The van der Waals surface area contributed by atoms with Crippen LogP contribution in [0, 0.1) is 5.92 Å². The fourth-order valence-electron chi connectivity index (χ4n) is 2.78. The number of rotatable bonds is 5. The first-order valence-corrected chi connectivity index (χ1v) is 8.28. The topological polar surface area (TPSA) is 59.0 Å². The number of hydrogen-bond donors (Lipinski definition) is 1. The molecule has 0 saturated carbocycles. The molecule has 5 nitrogen and oxygen atoms in total. The molecule has 0 bridgehead atoms. The molecule has 1 aromatic rings. The summed E-state index contributed by atoms with van der Waals surface area (Å²) >= 11 is 3.34. The van der Waals surface area contributed by atoms with Gasteiger partial charge < -0.3 is 14.6 Å². The number of piperidine rings is 1. The monoisotopic (exact) mass is 371 g/mol. The van der Waals surface area contributed by atoms with E-state index >= 15 is 0 Å². The SMILES string of the molecule is CCOC(=O)[C@H]1CCCN(Cc2cc(Br)c(O)c(OC)c2)C1. The molecule has 0 amide bonds. The van der Waals surface area contributed by atoms with Crippen molar-refractivity contribution in [2.75, 3.05) is 26.8 Å². The zero-order valence-corrected chi connectivity index (χ0v) is 14.6. The van der Waals surface area contributed by atoms with E-state index in [-0.39, 0.29) is 17.6 Å². The minimum atomic E-state index is -0.100. The molecule has 1 aromatic carbocycles. The second kappa shape index (κ2) is 7.83. The highest BCUT2D eigenvalue weighted by Gasteiger charge is 2.27. The van der Waals surface area contributed by atoms with Crippen LogP contribution in [0.25, 0.3) is 0 Å². The number of aromatic hydroxyl groups is 1. The van der Waals surface area contributed by atoms with Gasteiger partial charge in [-0.05, 0) is 59.9 Å². The lowest BCUT2D eigenvalue weighted by Crippen LogP contribution is -2.38. The number of likely N-dealkylation sites (tertiary alicyclic amines) is 1. The first kappa shape index (κ1) is 17.1. The third kappa shape index (κ3) is 4.14. The Bertz CT molecular complexity index is 535. The zero-order valence-electron chi connectivity index (χ0n) is 13.0. The molecule has 1 aliphatic heterocycles. The number of benzene rings is 1. The summed E-state index contributed by atoms with van der Waals surface area (Å²) in [6.45, 7) is 4.64. The van der Waals surface area contributed by atoms with Crippen LogP contribution in [0.5, 0.6) is 11.5 Å². The second-order valence-electron chi connectivity index (χ2n) is 5.45. The average Bonchev–Trinajstić information content (AvgIpc) is 2.51. The maximum Gasteiger partial charge on any atom is 0.310 e. The highest BCUT2D eigenvalue weighted by atomic mass is 79.9. The van der Waals surface area contributed by atoms with E-state index in [0.717, 1.165) is 24.9 Å². The van der Waals surface area contributed by atoms with Gasteiger partial charge in [0.2, 0.25) is 0 Å². The van der Waals surface area contributed by atoms with Gasteiger partial charge in [0, 0.05) is 13.1 Å². The lowest BCUT2D eigenvalue weighted by molar-refractivity contribution is -0.150. The van der Waals surface area contributed by atoms with Gasteiger partial charge in [-0.25, -0.2) is 0 Å². The Balaban J connectivity index is 2.04. The van der Waals surface area contributed by atoms with E-state index in [1.54, 1.807) is 0 Å². The van der Waals surface area contributed by atoms with Crippen LogP contribution >= 0.6 is 15.9 Å². The molecule has 0 aromatic heterocycles. The lowest BCUT2D eigenvalue weighted by Gasteiger charge is -2.31. The van der Waals surface area contributed by atoms with Gasteiger partial charge in [0.15, 0.2) is 11.5 Å². The van der Waals surface area contributed by atoms with Gasteiger partial charge in [0.05, 0.1) is 24.1 Å². The smallest absolute Gasteiger partial charge is 0.310 e. The number of phenolic OH excluding ortho intramolecular Hbond substituents is 1. The van der Waals surface area contributed by atoms with Gasteiger partial charge in [0.25, 0.3) is 0 Å². The molecular weight excluding hydrogens is 350 g/mol. The van der Waals surface area contributed by atoms with Crippen molar-refractivity contribution in [1.82, 2.24) is 4.90 Å². The van der Waals surface area contributed by atoms with Crippen molar-refractivity contribution < 1.29 is 19.4 Å². The first-order chi connectivity index (χ1) is 10.5. The van der Waals surface area contributed by atoms with Crippen molar-refractivity contribution >= 4 is 21.9 Å². The Hall–Kier alpha value is -1.27. The summed E-state index contributed by atoms with van der Waals surface area (Å²) in [7, 11) is 1.53. The summed E-state index contributed by atoms with van der Waals surface area (Å²) < 4.78 is 10.9. The van der Waals surface area contributed by atoms with Crippen molar-refractivity contribution in [3.05, 3.63) is 22.2 Å². The second-order valence-corrected chi connectivity index (χ2v) is 6.31. The zero-order chi connectivity index (χ0) is 16.1. The molecule has 1 fully saturated rings. The maximum atomic E-state index is 11.9. The molecule has 122 valence electrons. The molecule has 0 aliphatic carbocycles. The van der Waals surface area contributed by atoms with Gasteiger partial charge in [-0.15, -0.1) is 0 Å². The minimum absolute atomic E-state index is 0.0452. The van der Waals surface area contributed by atoms with Crippen molar-refractivity contribution in [3.8, 4) is 11.5 Å². The van der Waals surface area contributed by atoms with Crippen molar-refractivity contribution in [1.29, 1.82) is 0 Å². The van der Waals surface area contributed by atoms with Crippen LogP contribution in [0.4, 0.5) is 0 Å². The Labute approximate surface area is 139 Å². The third-order valence-electron chi connectivity index (χ3n) is 3.84. The number of carbonyl (C=O) groups is 1. The van der Waals surface area contributed by atoms with Gasteiger partial charge in [-0.2, -0.15) is 0 Å². The van der Waals surface area contributed by atoms with Crippen LogP contribution in [-0.4, -0.2) is 42.8 Å². The van der Waals surface area contributed by atoms with Crippen LogP contribution < -0.4 is 4.74 Å². The number of phenols is 1. The lowest BCUT2D eigenvalue weighted by atomic mass is 9.97. The highest BCUT2D eigenvalue weighted by Crippen LogP contribution is 2.35. The molecule has 6 heteroatoms. The average molecular weight is 372 g/mol. The summed E-state index contributed by atoms with van der Waals surface area (Å²) in [5.74, 6) is 0.408. The number of halogens is 1. The molecule has 0 radical (unpaired) electrons. The number of nitrogens with zero attached hydrogens (tertiary/aromatic N) is 1. The van der Waals surface area contributed by atoms with E-state index in [9.17, 15) is 9.90 Å². The van der Waals surface area contributed by atoms with E-state index in [2.05, 4.69) is 20.8 Å². The predicted octanol–water partition coefficient (Wildman–Crippen LogP) is 2.94. The van der Waals surface area contributed by atoms with Gasteiger partial charge in [-0.1, -0.05) is 0 Å². The Morgan fingerprint density at radius 3 is 2.95 bits per heavy atom. The molecular formula is C16H22BrNO4. The number of hydrogen-bond acceptors (Lipinski definition) is 5. The normalized spacial score (nSPS) is 19.0. The van der Waals surface area contributed by atoms with E-state index < -0.39 is 0 Å². The van der Waals surface area contributed by atoms with Gasteiger partial charge in [0.1, 0.15) is 0 Å². The summed E-state index contributed by atoms with van der Waals surface area (Å²) in [6.07, 6.45) is 1.87. The quantitative estimate of drug-likeness (QED) is 0.806. The highest BCUT2D eigenvalue weighted by molar-refractivity contribution is 9.10. The summed E-state index contributed by atoms with van der Waals surface area (Å²) in [4.78, 5) is 14.1. The maximum absolute atomic E-state index is 11.9. The molecule has 2 rings (SSSR count). The van der Waals surface area contributed by atoms with Crippen LogP contribution in [0.2, 0.25) is 0 Å². The van der Waals surface area contributed by atoms with Crippen LogP contribution in [0.3, 0.4) is 0 Å². The summed E-state index contributed by atoms with van der Waals surface area (Å²) in [6, 6.07) is 3.71. The van der Waals surface area contributed by atoms with Gasteiger partial charge >= 0.3 is 5.97 Å². The van der Waals surface area contributed by atoms with E-state index in [0.29, 0.717) is 29.9 Å². The summed E-state index contributed by atoms with van der Waals surface area (Å²) in [5, 5.41) is 9.86. The molecule has 1 N–H and O–H groups in total. The molecule has 1 aliphatic rings. The van der Waals surface area contributed by atoms with E-state index in [1.165, 1.54) is 7.11 Å². The fourth-order valence-corrected chi connectivity index (χ4v) is 3.27. The molecule has 1 atom stereocenters. The third-order valence-corrected chi connectivity index (χ3v) is 4.44. The molecule has 22 heavy (non-hydrogen) atoms. The number of methoxy groups -OCH3 is 1. The Morgan fingerprint density at radius 2 is 2.27 bits per heavy atom. The van der Waals surface area contributed by atoms with Gasteiger partial charge in [-0.3, -0.25) is 9.69 Å². The number of esters is 1. The Morgan fingerprint density at radius 1 is 1.50 bits per heavy atom. The summed E-state index contributed by atoms with van der Waals surface area (Å²) in [5.41, 5.74) is 1.03. The number of carbonyl (C=O) groups excluding carboxylic acids is 1. The standard InChI is InChI=1S/C16H22BrNO4/c1-3-22-16(20)12-5-4-6-18(10-12)9-11-7-13(17)15(19)14(8-11)21-2/h7-8,12,19H,3-6,9-10H2,1-2H3/t12-/m0/s1. The van der Waals surface area contributed by atoms with E-state index in [4.69, 9.17) is 9.47 Å². The molecule has 1 heterocycles. The van der Waals surface area contributed by atoms with Crippen LogP contribution in [-0.2, 0) is 16.1 Å². The van der Waals surface area contributed by atoms with E-state index in [1.807, 2.05) is 19.1 Å². The van der Waals surface area contributed by atoms with Crippen LogP contribution in [0.15, 0.2) is 16.6 Å². The number of ether oxygens (including phenoxy) is 2. The Kier molecular flexibility index (Phi) is 6.08. The predicted molar refractivity (Wildman–Crippen MR) is 87.0 cm³/mol. The fraction of sp³-hybridized carbons (Fsp3) is 0.562. The first-order valence-electron chi connectivity index (χ1n) is 7.49. The van der Waals surface area contributed by atoms with Crippen molar-refractivity contribution in [2.45, 2.75) is 26.3 Å². The van der Waals surface area contributed by atoms with Crippen molar-refractivity contribution in [2.24, 2.45) is 5.92 Å². The minimum Gasteiger partial charge on any atom is -0.503 e. The molecule has 0 spiro atoms. The molecule has 0 unspecified atom stereocenters. The molecule has 1 saturated heterocycles.